The molecule has 147 heavy (non-hydrogen) atoms. The molecule has 8 aliphatic rings. The number of carboxylic acid groups (broad SMARTS) is 1. The molecule has 12 heterocycles. The molecule has 8 aromatic carbocycles. The Morgan fingerprint density at radius 3 is 1.22 bits per heavy atom. The van der Waals surface area contributed by atoms with E-state index in [4.69, 9.17) is 38.5 Å². The number of halogens is 1. The number of rotatable bonds is 14. The summed E-state index contributed by atoms with van der Waals surface area (Å²) in [4.78, 5) is 120. The smallest absolute Gasteiger partial charge is 1.00 e. The van der Waals surface area contributed by atoms with Crippen LogP contribution in [0.2, 0.25) is 0 Å². The molecule has 0 unspecified atom stereocenters. The van der Waals surface area contributed by atoms with Crippen LogP contribution in [0.5, 0.6) is 17.2 Å². The Morgan fingerprint density at radius 1 is 0.422 bits per heavy atom. The zero-order valence-corrected chi connectivity index (χ0v) is 87.1. The SMILES string of the molecule is CC1(C)OC(=O)c2c(O)cccc21.C[C@@H]1CC[C@@H](Oc2cccc3c2C(=O)OC3(C)C)CN1C(=O)c1ccccc1-n1nccn1.C[C@@H]1CC[C@H](O)CN1.C[C@@H]1CC[C@H](O)CN1C(=O)OCc1ccccc1.C[C@@H]1CC[C@H](O)CN1C(=O)c1ccccc1-n1nccn1.C[C@@H]1CC[C@H](OS(C)(=O)=O)CN1C(=O)c1ccccc1-n1nccn1.O=C(O)c1ccccc1-n1nccn1.O=C1OC(=O)c2c(O)cccc21.[Br-].[CH3-].[Mg+2]. The van der Waals surface area contributed by atoms with Crippen molar-refractivity contribution < 1.29 is 127 Å². The molecule has 0 bridgehead atoms. The number of aliphatic hydroxyl groups excluding tert-OH is 3. The van der Waals surface area contributed by atoms with E-state index in [9.17, 15) is 66.9 Å². The third kappa shape index (κ3) is 29.7. The number of fused-ring (bicyclic) bond motifs is 3. The number of aromatic hydroxyl groups is 2. The molecule has 5 saturated heterocycles. The molecule has 8 aliphatic heterocycles. The van der Waals surface area contributed by atoms with Crippen molar-refractivity contribution in [3.63, 3.8) is 0 Å². The molecule has 10 atom stereocenters. The maximum absolute atomic E-state index is 13.6. The molecule has 7 N–H and O–H groups in total. The van der Waals surface area contributed by atoms with E-state index in [-0.39, 0.29) is 155 Å². The van der Waals surface area contributed by atoms with Gasteiger partial charge in [-0.2, -0.15) is 68.4 Å². The summed E-state index contributed by atoms with van der Waals surface area (Å²) in [6.45, 7) is 19.9. The van der Waals surface area contributed by atoms with Crippen molar-refractivity contribution in [2.24, 2.45) is 0 Å². The minimum Gasteiger partial charge on any atom is -1.00 e. The number of para-hydroxylation sites is 4. The fraction of sp³-hybridized carbons (Fsp3) is 0.365. The average molecular weight is 2110 g/mol. The number of carbonyl (C=O) groups is 9. The number of nitrogens with zero attached hydrogens (tertiary/aromatic N) is 16. The molecule has 0 spiro atoms. The van der Waals surface area contributed by atoms with Crippen molar-refractivity contribution in [2.75, 3.05) is 39.0 Å². The zero-order valence-electron chi connectivity index (χ0n) is 83.3. The summed E-state index contributed by atoms with van der Waals surface area (Å²) < 4.78 is 54.4. The molecule has 40 nitrogen and oxygen atoms in total. The van der Waals surface area contributed by atoms with Crippen molar-refractivity contribution in [1.29, 1.82) is 0 Å². The number of esters is 4. The van der Waals surface area contributed by atoms with Crippen LogP contribution in [0.3, 0.4) is 0 Å². The number of piperidine rings is 5. The third-order valence-corrected chi connectivity index (χ3v) is 25.7. The van der Waals surface area contributed by atoms with Crippen molar-refractivity contribution >= 4 is 86.8 Å². The number of hydrogen-bond donors (Lipinski definition) is 7. The topological polar surface area (TPSA) is 512 Å². The Morgan fingerprint density at radius 2 is 0.789 bits per heavy atom. The van der Waals surface area contributed by atoms with Crippen LogP contribution in [0, 0.1) is 7.43 Å². The molecule has 0 radical (unpaired) electrons. The van der Waals surface area contributed by atoms with Gasteiger partial charge in [0.25, 0.3) is 27.8 Å². The number of aliphatic hydroxyl groups is 3. The fourth-order valence-corrected chi connectivity index (χ4v) is 18.0. The number of amides is 4. The predicted octanol–water partition coefficient (Wildman–Crippen LogP) is 9.06. The largest absolute Gasteiger partial charge is 2.00 e. The van der Waals surface area contributed by atoms with E-state index in [1.807, 2.05) is 131 Å². The number of benzene rings is 8. The van der Waals surface area contributed by atoms with E-state index >= 15 is 0 Å². The minimum atomic E-state index is -3.56. The Labute approximate surface area is 877 Å². The van der Waals surface area contributed by atoms with Gasteiger partial charge in [0.05, 0.1) is 138 Å². The number of β-amino-alcohol motifs (C(OH)–C–C–N with tert-alkyl or cyclic N) is 3. The zero-order chi connectivity index (χ0) is 103. The van der Waals surface area contributed by atoms with E-state index < -0.39 is 63.5 Å². The molecule has 4 amide bonds. The van der Waals surface area contributed by atoms with Crippen molar-refractivity contribution in [3.8, 4) is 40.0 Å². The first kappa shape index (κ1) is 115. The summed E-state index contributed by atoms with van der Waals surface area (Å²) in [7, 11) is -3.56. The van der Waals surface area contributed by atoms with Crippen LogP contribution in [0.1, 0.15) is 226 Å². The maximum Gasteiger partial charge on any atom is 2.00 e. The molecule has 20 rings (SSSR count). The first-order chi connectivity index (χ1) is 68.8. The number of likely N-dealkylation sites (tertiary alicyclic amines) is 4. The molecule has 0 saturated carbocycles. The van der Waals surface area contributed by atoms with Gasteiger partial charge < -0.3 is 104 Å². The molecule has 774 valence electrons. The standard InChI is InChI=1S/C25H26N4O4.C16H20N4O4S.C15H18N4O2.C14H19NO3.C10H10O3.C9H7N3O2.C8H4O4.C6H13NO.CH3.BrH.Mg/c1-16-11-12-17(32-21-10-6-8-19-22(21)24(31)33-25(19,2)3)15-28(16)23(30)18-7-4-5-9-20(18)29-26-13-14-27-29;1-12-7-8-13(24-25(2,22)23)11-19(12)16(21)14-5-3-4-6-15(14)20-17-9-10-18-20;1-11-6-7-12(20)10-18(11)15(21)13-4-2-3-5-14(13)19-16-8-9-17-19;1-11-7-8-13(16)9-15(11)14(17)18-10-12-5-3-2-4-6-12;1-10(2)6-4-3-5-7(11)8(6)9(12)13-10;13-9(14)7-3-1-2-4-8(7)12-10-5-6-11-12;9-5-3-1-2-4-6(5)8(11)12-7(4)10;1-5-2-3-6(8)4-7-5;;;/h4-10,13-14,16-17H,11-12,15H2,1-3H3;3-6,9-10,12-13H,7-8,11H2,1-2H3;2-5,8-9,11-12,20H,6-7,10H2,1H3;2-6,11,13,16H,7-10H2,1H3;3-5,11H,1-2H3;1-6H,(H,13,14);1-3,9H;5-8H,2-4H2,1H3;1H3;1H;/q;;;;;;;;-1;;+2/p-1/t16-,17-;12-,13+;11-,12+;11-,13+;;;;5-,6+;;;/m1111...1.../s1. The summed E-state index contributed by atoms with van der Waals surface area (Å²) in [5.41, 5.74) is 6.16. The molecule has 5 fully saturated rings. The monoisotopic (exact) mass is 2110 g/mol. The van der Waals surface area contributed by atoms with Gasteiger partial charge in [0, 0.05) is 61.0 Å². The van der Waals surface area contributed by atoms with E-state index in [1.54, 1.807) is 132 Å². The molecule has 12 aromatic rings. The number of phenols is 2. The van der Waals surface area contributed by atoms with E-state index in [0.717, 1.165) is 80.9 Å². The van der Waals surface area contributed by atoms with Crippen molar-refractivity contribution in [3.05, 3.63) is 300 Å². The van der Waals surface area contributed by atoms with Gasteiger partial charge >= 0.3 is 59.0 Å². The second-order valence-electron chi connectivity index (χ2n) is 36.5. The number of aromatic carboxylic acids is 1. The maximum atomic E-state index is 13.6. The van der Waals surface area contributed by atoms with Gasteiger partial charge in [0.1, 0.15) is 63.5 Å². The van der Waals surface area contributed by atoms with E-state index in [1.165, 1.54) is 61.9 Å². The van der Waals surface area contributed by atoms with Crippen LogP contribution in [0.25, 0.3) is 22.7 Å². The number of carboxylic acids is 1. The molecular formula is C104H120BrMgN17O23S. The average Bonchev–Trinajstić information content (AvgIpc) is 1.61. The van der Waals surface area contributed by atoms with E-state index in [0.29, 0.717) is 94.8 Å². The summed E-state index contributed by atoms with van der Waals surface area (Å²) in [6, 6.07) is 53.5. The van der Waals surface area contributed by atoms with Gasteiger partial charge in [0.2, 0.25) is 0 Å². The Kier molecular flexibility index (Phi) is 40.9. The number of cyclic esters (lactones) is 4. The second-order valence-corrected chi connectivity index (χ2v) is 38.1. The van der Waals surface area contributed by atoms with E-state index in [2.05, 4.69) is 57.8 Å². The molecule has 43 heteroatoms. The molecular weight excluding hydrogens is 1990 g/mol. The minimum absolute atomic E-state index is 0. The number of carbonyl (C=O) groups excluding carboxylic acids is 8. The van der Waals surface area contributed by atoms with Crippen molar-refractivity contribution in [2.45, 2.75) is 205 Å². The van der Waals surface area contributed by atoms with Crippen LogP contribution >= 0.6 is 0 Å². The van der Waals surface area contributed by atoms with Gasteiger partial charge in [-0.25, -0.2) is 28.8 Å². The van der Waals surface area contributed by atoms with Crippen LogP contribution in [0.15, 0.2) is 232 Å². The Hall–Kier alpha value is -14.1. The third-order valence-electron chi connectivity index (χ3n) is 25.1. The molecule has 4 aromatic heterocycles. The van der Waals surface area contributed by atoms with Gasteiger partial charge in [0.15, 0.2) is 0 Å². The summed E-state index contributed by atoms with van der Waals surface area (Å²) in [5, 5.41) is 91.5. The van der Waals surface area contributed by atoms with Crippen LogP contribution in [-0.2, 0) is 51.1 Å². The number of phenolic OH excluding ortho intramolecular Hbond substituents is 2. The first-order valence-corrected chi connectivity index (χ1v) is 48.9. The number of nitrogens with one attached hydrogen (secondary N) is 1. The summed E-state index contributed by atoms with van der Waals surface area (Å²) >= 11 is 0. The Bertz CT molecular complexity index is 6570. The second kappa shape index (κ2) is 52.3. The Balaban J connectivity index is 0.000000177. The number of aromatic nitrogens is 12. The van der Waals surface area contributed by atoms with Crippen LogP contribution in [-0.4, -0.2) is 295 Å². The van der Waals surface area contributed by atoms with Gasteiger partial charge in [-0.1, -0.05) is 109 Å². The van der Waals surface area contributed by atoms with Gasteiger partial charge in [-0.05, 0) is 205 Å². The quantitative estimate of drug-likeness (QED) is 0.0133. The normalized spacial score (nSPS) is 20.4. The molecule has 0 aliphatic carbocycles. The first-order valence-electron chi connectivity index (χ1n) is 47.1. The number of hydrogen-bond acceptors (Lipinski definition) is 31. The number of ether oxygens (including phenoxy) is 5. The van der Waals surface area contributed by atoms with Gasteiger partial charge in [-0.15, -0.1) is 0 Å². The van der Waals surface area contributed by atoms with Crippen molar-refractivity contribution in [1.82, 2.24) is 84.9 Å². The van der Waals surface area contributed by atoms with Crippen LogP contribution < -0.4 is 27.0 Å². The predicted molar refractivity (Wildman–Crippen MR) is 534 cm³/mol. The summed E-state index contributed by atoms with van der Waals surface area (Å²) in [5.74, 6) is -3.38. The fourth-order valence-electron chi connectivity index (χ4n) is 17.3. The van der Waals surface area contributed by atoms with Crippen LogP contribution in [0.4, 0.5) is 4.79 Å². The summed E-state index contributed by atoms with van der Waals surface area (Å²) in [6.07, 6.45) is 19.4. The van der Waals surface area contributed by atoms with Gasteiger partial charge in [-0.3, -0.25) is 18.6 Å².